The zero-order valence-corrected chi connectivity index (χ0v) is 11.9. The summed E-state index contributed by atoms with van der Waals surface area (Å²) in [5.74, 6) is -0.396. The highest BCUT2D eigenvalue weighted by Crippen LogP contribution is 2.32. The van der Waals surface area contributed by atoms with Crippen LogP contribution in [-0.2, 0) is 9.59 Å². The highest BCUT2D eigenvalue weighted by Gasteiger charge is 2.42. The summed E-state index contributed by atoms with van der Waals surface area (Å²) in [6, 6.07) is -1.33. The molecule has 1 amide bonds. The molecular weight excluding hydrogens is 252 g/mol. The quantitative estimate of drug-likeness (QED) is 0.785. The Hall–Kier alpha value is -0.750. The van der Waals surface area contributed by atoms with E-state index in [1.807, 2.05) is 20.8 Å². The van der Waals surface area contributed by atoms with Gasteiger partial charge in [-0.2, -0.15) is 0 Å². The van der Waals surface area contributed by atoms with Crippen LogP contribution in [0.15, 0.2) is 0 Å². The lowest BCUT2D eigenvalue weighted by Crippen LogP contribution is -2.52. The van der Waals surface area contributed by atoms with Gasteiger partial charge in [0.05, 0.1) is 11.4 Å². The van der Waals surface area contributed by atoms with E-state index in [2.05, 4.69) is 0 Å². The van der Waals surface area contributed by atoms with Crippen LogP contribution in [0.2, 0.25) is 0 Å². The molecule has 1 rings (SSSR count). The number of hydrogen-bond acceptors (Lipinski definition) is 4. The molecular formula is C12H22N2O3S. The molecule has 0 bridgehead atoms. The van der Waals surface area contributed by atoms with Crippen LogP contribution in [0, 0.1) is 5.92 Å². The van der Waals surface area contributed by atoms with Crippen LogP contribution in [0.1, 0.15) is 33.6 Å². The molecule has 0 aliphatic carbocycles. The van der Waals surface area contributed by atoms with Gasteiger partial charge in [0, 0.05) is 5.75 Å². The number of thioether (sulfide) groups is 1. The summed E-state index contributed by atoms with van der Waals surface area (Å²) < 4.78 is 0. The van der Waals surface area contributed by atoms with Crippen LogP contribution in [0.5, 0.6) is 0 Å². The second-order valence-corrected chi connectivity index (χ2v) is 6.24. The number of aliphatic carboxylic acids is 1. The third-order valence-electron chi connectivity index (χ3n) is 3.02. The summed E-state index contributed by atoms with van der Waals surface area (Å²) in [4.78, 5) is 24.9. The zero-order chi connectivity index (χ0) is 13.9. The second kappa shape index (κ2) is 6.43. The molecule has 3 N–H and O–H groups in total. The van der Waals surface area contributed by atoms with E-state index in [-0.39, 0.29) is 11.3 Å². The van der Waals surface area contributed by atoms with E-state index in [0.717, 1.165) is 6.42 Å². The zero-order valence-electron chi connectivity index (χ0n) is 11.1. The molecule has 1 heterocycles. The lowest BCUT2D eigenvalue weighted by atomic mass is 10.0. The minimum absolute atomic E-state index is 0.0585. The standard InChI is InChI=1S/C12H22N2O3S/c1-4-10-14(9(6-18-10)12(16)17)11(15)8(13)5-7(2)3/h7-10H,4-6,13H2,1-3H3,(H,16,17)/t8-,9?,10?/m0/s1. The van der Waals surface area contributed by atoms with Crippen molar-refractivity contribution < 1.29 is 14.7 Å². The Morgan fingerprint density at radius 3 is 2.56 bits per heavy atom. The summed E-state index contributed by atoms with van der Waals surface area (Å²) in [6.07, 6.45) is 1.33. The maximum atomic E-state index is 12.3. The summed E-state index contributed by atoms with van der Waals surface area (Å²) in [5.41, 5.74) is 5.88. The number of nitrogens with zero attached hydrogens (tertiary/aromatic N) is 1. The Morgan fingerprint density at radius 1 is 1.50 bits per heavy atom. The van der Waals surface area contributed by atoms with Gasteiger partial charge < -0.3 is 15.7 Å². The molecule has 5 nitrogen and oxygen atoms in total. The Kier molecular flexibility index (Phi) is 5.47. The van der Waals surface area contributed by atoms with Crippen molar-refractivity contribution in [1.29, 1.82) is 0 Å². The summed E-state index contributed by atoms with van der Waals surface area (Å²) in [6.45, 7) is 5.95. The highest BCUT2D eigenvalue weighted by molar-refractivity contribution is 8.00. The van der Waals surface area contributed by atoms with Crippen LogP contribution < -0.4 is 5.73 Å². The van der Waals surface area contributed by atoms with E-state index in [1.54, 1.807) is 0 Å². The van der Waals surface area contributed by atoms with Crippen molar-refractivity contribution in [1.82, 2.24) is 4.90 Å². The minimum atomic E-state index is -0.941. The third-order valence-corrected chi connectivity index (χ3v) is 4.48. The SMILES string of the molecule is CCC1SCC(C(=O)O)N1C(=O)[C@@H](N)CC(C)C. The molecule has 1 aliphatic rings. The summed E-state index contributed by atoms with van der Waals surface area (Å²) in [5, 5.41) is 9.10. The van der Waals surface area contributed by atoms with Crippen LogP contribution in [0.4, 0.5) is 0 Å². The largest absolute Gasteiger partial charge is 0.480 e. The lowest BCUT2D eigenvalue weighted by molar-refractivity contribution is -0.149. The van der Waals surface area contributed by atoms with Gasteiger partial charge in [-0.3, -0.25) is 4.79 Å². The predicted octanol–water partition coefficient (Wildman–Crippen LogP) is 1.12. The Bertz CT molecular complexity index is 322. The molecule has 104 valence electrons. The fourth-order valence-electron chi connectivity index (χ4n) is 2.16. The highest BCUT2D eigenvalue weighted by atomic mass is 32.2. The molecule has 0 spiro atoms. The number of carboxylic acid groups (broad SMARTS) is 1. The molecule has 0 aromatic carbocycles. The lowest BCUT2D eigenvalue weighted by Gasteiger charge is -2.29. The Morgan fingerprint density at radius 2 is 2.11 bits per heavy atom. The monoisotopic (exact) mass is 274 g/mol. The predicted molar refractivity (Wildman–Crippen MR) is 72.2 cm³/mol. The average Bonchev–Trinajstić information content (AvgIpc) is 2.70. The molecule has 0 radical (unpaired) electrons. The number of carbonyl (C=O) groups excluding carboxylic acids is 1. The van der Waals surface area contributed by atoms with E-state index in [0.29, 0.717) is 18.1 Å². The van der Waals surface area contributed by atoms with E-state index in [1.165, 1.54) is 16.7 Å². The summed E-state index contributed by atoms with van der Waals surface area (Å²) in [7, 11) is 0. The first kappa shape index (κ1) is 15.3. The molecule has 3 atom stereocenters. The normalized spacial score (nSPS) is 25.5. The molecule has 18 heavy (non-hydrogen) atoms. The minimum Gasteiger partial charge on any atom is -0.480 e. The molecule has 0 aromatic rings. The van der Waals surface area contributed by atoms with Gasteiger partial charge in [0.1, 0.15) is 6.04 Å². The van der Waals surface area contributed by atoms with Crippen LogP contribution in [0.25, 0.3) is 0 Å². The maximum absolute atomic E-state index is 12.3. The second-order valence-electron chi connectivity index (χ2n) is 5.03. The van der Waals surface area contributed by atoms with Crippen LogP contribution in [-0.4, -0.2) is 45.1 Å². The topological polar surface area (TPSA) is 83.6 Å². The average molecular weight is 274 g/mol. The maximum Gasteiger partial charge on any atom is 0.327 e. The van der Waals surface area contributed by atoms with Crippen LogP contribution in [0.3, 0.4) is 0 Å². The van der Waals surface area contributed by atoms with Crippen molar-refractivity contribution in [2.75, 3.05) is 5.75 Å². The van der Waals surface area contributed by atoms with Crippen molar-refractivity contribution in [3.05, 3.63) is 0 Å². The molecule has 0 aromatic heterocycles. The van der Waals surface area contributed by atoms with Crippen molar-refractivity contribution in [2.24, 2.45) is 11.7 Å². The van der Waals surface area contributed by atoms with Crippen molar-refractivity contribution >= 4 is 23.6 Å². The number of amides is 1. The molecule has 1 saturated heterocycles. The van der Waals surface area contributed by atoms with Gasteiger partial charge in [0.2, 0.25) is 5.91 Å². The number of carboxylic acids is 1. The van der Waals surface area contributed by atoms with E-state index < -0.39 is 18.1 Å². The molecule has 0 saturated carbocycles. The Balaban J connectivity index is 2.81. The van der Waals surface area contributed by atoms with Gasteiger partial charge >= 0.3 is 5.97 Å². The summed E-state index contributed by atoms with van der Waals surface area (Å²) >= 11 is 1.52. The fourth-order valence-corrected chi connectivity index (χ4v) is 3.52. The van der Waals surface area contributed by atoms with Crippen LogP contribution >= 0.6 is 11.8 Å². The van der Waals surface area contributed by atoms with Crippen molar-refractivity contribution in [3.8, 4) is 0 Å². The number of carbonyl (C=O) groups is 2. The molecule has 1 aliphatic heterocycles. The van der Waals surface area contributed by atoms with E-state index >= 15 is 0 Å². The van der Waals surface area contributed by atoms with Gasteiger partial charge in [-0.1, -0.05) is 20.8 Å². The van der Waals surface area contributed by atoms with Gasteiger partial charge in [-0.05, 0) is 18.8 Å². The van der Waals surface area contributed by atoms with Crippen molar-refractivity contribution in [3.63, 3.8) is 0 Å². The number of nitrogens with two attached hydrogens (primary N) is 1. The smallest absolute Gasteiger partial charge is 0.327 e. The first-order valence-corrected chi connectivity index (χ1v) is 7.35. The third kappa shape index (κ3) is 3.38. The van der Waals surface area contributed by atoms with Gasteiger partial charge in [-0.15, -0.1) is 11.8 Å². The van der Waals surface area contributed by atoms with Gasteiger partial charge in [0.15, 0.2) is 0 Å². The van der Waals surface area contributed by atoms with Crippen molar-refractivity contribution in [2.45, 2.75) is 51.1 Å². The molecule has 2 unspecified atom stereocenters. The first-order valence-electron chi connectivity index (χ1n) is 6.30. The Labute approximate surface area is 112 Å². The number of rotatable bonds is 5. The number of hydrogen-bond donors (Lipinski definition) is 2. The van der Waals surface area contributed by atoms with E-state index in [9.17, 15) is 9.59 Å². The fraction of sp³-hybridized carbons (Fsp3) is 0.833. The molecule has 1 fully saturated rings. The van der Waals surface area contributed by atoms with Gasteiger partial charge in [-0.25, -0.2) is 4.79 Å². The van der Waals surface area contributed by atoms with Gasteiger partial charge in [0.25, 0.3) is 0 Å². The van der Waals surface area contributed by atoms with E-state index in [4.69, 9.17) is 10.8 Å². The molecule has 6 heteroatoms. The first-order chi connectivity index (χ1) is 8.38.